The molecule has 0 bridgehead atoms. The van der Waals surface area contributed by atoms with E-state index in [1.54, 1.807) is 0 Å². The van der Waals surface area contributed by atoms with Crippen LogP contribution in [0, 0.1) is 11.6 Å². The fourth-order valence-corrected chi connectivity index (χ4v) is 2.40. The maximum absolute atomic E-state index is 13.2. The monoisotopic (exact) mass is 319 g/mol. The highest BCUT2D eigenvalue weighted by molar-refractivity contribution is 5.70. The topological polar surface area (TPSA) is 29.5 Å². The van der Waals surface area contributed by atoms with Crippen molar-refractivity contribution in [3.63, 3.8) is 0 Å². The summed E-state index contributed by atoms with van der Waals surface area (Å²) >= 11 is 0. The van der Waals surface area contributed by atoms with Crippen LogP contribution in [-0.4, -0.2) is 17.5 Å². The van der Waals surface area contributed by atoms with Crippen LogP contribution >= 0.6 is 0 Å². The third-order valence-electron chi connectivity index (χ3n) is 3.35. The van der Waals surface area contributed by atoms with Gasteiger partial charge in [-0.1, -0.05) is 44.2 Å². The SMILES string of the molecule is CC.O=C1OC(c2ccccc2)CN1Cc1cc(F)cc(F)c1. The van der Waals surface area contributed by atoms with Gasteiger partial charge in [0.15, 0.2) is 0 Å². The summed E-state index contributed by atoms with van der Waals surface area (Å²) in [5.41, 5.74) is 1.30. The summed E-state index contributed by atoms with van der Waals surface area (Å²) in [5.74, 6) is -1.31. The van der Waals surface area contributed by atoms with Crippen LogP contribution in [0.15, 0.2) is 48.5 Å². The Bertz CT molecular complexity index is 641. The molecular weight excluding hydrogens is 300 g/mol. The summed E-state index contributed by atoms with van der Waals surface area (Å²) < 4.78 is 31.6. The molecule has 122 valence electrons. The van der Waals surface area contributed by atoms with Crippen LogP contribution in [0.5, 0.6) is 0 Å². The number of hydrogen-bond donors (Lipinski definition) is 0. The number of cyclic esters (lactones) is 1. The zero-order valence-corrected chi connectivity index (χ0v) is 13.1. The molecule has 0 radical (unpaired) electrons. The third-order valence-corrected chi connectivity index (χ3v) is 3.35. The molecule has 3 rings (SSSR count). The van der Waals surface area contributed by atoms with Gasteiger partial charge in [-0.2, -0.15) is 0 Å². The zero-order chi connectivity index (χ0) is 16.8. The van der Waals surface area contributed by atoms with E-state index in [0.29, 0.717) is 12.1 Å². The van der Waals surface area contributed by atoms with Crippen molar-refractivity contribution in [2.45, 2.75) is 26.5 Å². The minimum atomic E-state index is -0.655. The van der Waals surface area contributed by atoms with Gasteiger partial charge in [-0.15, -0.1) is 0 Å². The average Bonchev–Trinajstić information content (AvgIpc) is 2.90. The Kier molecular flexibility index (Phi) is 5.68. The van der Waals surface area contributed by atoms with Crippen molar-refractivity contribution >= 4 is 6.09 Å². The second-order valence-electron chi connectivity index (χ2n) is 4.94. The van der Waals surface area contributed by atoms with Crippen molar-refractivity contribution in [3.8, 4) is 0 Å². The van der Waals surface area contributed by atoms with Gasteiger partial charge in [0.1, 0.15) is 17.7 Å². The van der Waals surface area contributed by atoms with Crippen molar-refractivity contribution in [2.75, 3.05) is 6.54 Å². The van der Waals surface area contributed by atoms with Gasteiger partial charge in [-0.3, -0.25) is 4.90 Å². The second kappa shape index (κ2) is 7.72. The minimum Gasteiger partial charge on any atom is -0.439 e. The standard InChI is InChI=1S/C16H13F2NO2.C2H6/c17-13-6-11(7-14(18)8-13)9-19-10-15(21-16(19)20)12-4-2-1-3-5-12;1-2/h1-8,15H,9-10H2;1-2H3. The molecule has 23 heavy (non-hydrogen) atoms. The third kappa shape index (κ3) is 4.28. The molecule has 1 unspecified atom stereocenters. The zero-order valence-electron chi connectivity index (χ0n) is 13.1. The Hall–Kier alpha value is -2.43. The largest absolute Gasteiger partial charge is 0.439 e. The molecule has 1 heterocycles. The molecule has 0 spiro atoms. The van der Waals surface area contributed by atoms with E-state index in [-0.39, 0.29) is 12.6 Å². The Morgan fingerprint density at radius 1 is 1.09 bits per heavy atom. The van der Waals surface area contributed by atoms with Crippen molar-refractivity contribution in [1.82, 2.24) is 4.90 Å². The van der Waals surface area contributed by atoms with E-state index in [0.717, 1.165) is 11.6 Å². The van der Waals surface area contributed by atoms with Crippen LogP contribution in [-0.2, 0) is 11.3 Å². The van der Waals surface area contributed by atoms with Gasteiger partial charge < -0.3 is 4.74 Å². The van der Waals surface area contributed by atoms with Crippen LogP contribution in [0.25, 0.3) is 0 Å². The molecular formula is C18H19F2NO2. The lowest BCUT2D eigenvalue weighted by Crippen LogP contribution is -2.23. The van der Waals surface area contributed by atoms with E-state index in [1.807, 2.05) is 44.2 Å². The highest BCUT2D eigenvalue weighted by Crippen LogP contribution is 2.27. The fraction of sp³-hybridized carbons (Fsp3) is 0.278. The summed E-state index contributed by atoms with van der Waals surface area (Å²) in [6.45, 7) is 4.48. The number of rotatable bonds is 3. The van der Waals surface area contributed by atoms with Gasteiger partial charge in [-0.25, -0.2) is 13.6 Å². The van der Waals surface area contributed by atoms with E-state index in [9.17, 15) is 13.6 Å². The number of ether oxygens (including phenoxy) is 1. The van der Waals surface area contributed by atoms with E-state index in [1.165, 1.54) is 17.0 Å². The summed E-state index contributed by atoms with van der Waals surface area (Å²) in [6.07, 6.45) is -0.828. The fourth-order valence-electron chi connectivity index (χ4n) is 2.40. The number of hydrogen-bond acceptors (Lipinski definition) is 2. The van der Waals surface area contributed by atoms with Gasteiger partial charge in [-0.05, 0) is 23.3 Å². The first-order valence-corrected chi connectivity index (χ1v) is 7.57. The van der Waals surface area contributed by atoms with Crippen LogP contribution in [0.2, 0.25) is 0 Å². The molecule has 2 aromatic rings. The first kappa shape index (κ1) is 16.9. The molecule has 1 atom stereocenters. The molecule has 3 nitrogen and oxygen atoms in total. The quantitative estimate of drug-likeness (QED) is 0.822. The van der Waals surface area contributed by atoms with E-state index in [2.05, 4.69) is 0 Å². The molecule has 0 N–H and O–H groups in total. The molecule has 0 saturated carbocycles. The Morgan fingerprint density at radius 2 is 1.70 bits per heavy atom. The minimum absolute atomic E-state index is 0.122. The summed E-state index contributed by atoms with van der Waals surface area (Å²) in [7, 11) is 0. The predicted molar refractivity (Wildman–Crippen MR) is 83.8 cm³/mol. The van der Waals surface area contributed by atoms with Crippen LogP contribution < -0.4 is 0 Å². The molecule has 1 saturated heterocycles. The van der Waals surface area contributed by atoms with Gasteiger partial charge in [0.2, 0.25) is 0 Å². The van der Waals surface area contributed by atoms with Crippen LogP contribution in [0.1, 0.15) is 31.1 Å². The lowest BCUT2D eigenvalue weighted by molar-refractivity contribution is 0.132. The van der Waals surface area contributed by atoms with Gasteiger partial charge in [0.05, 0.1) is 6.54 Å². The molecule has 0 aliphatic carbocycles. The number of halogens is 2. The summed E-state index contributed by atoms with van der Waals surface area (Å²) in [6, 6.07) is 12.6. The molecule has 1 amide bonds. The Labute approximate surface area is 134 Å². The van der Waals surface area contributed by atoms with Crippen molar-refractivity contribution in [2.24, 2.45) is 0 Å². The maximum atomic E-state index is 13.2. The lowest BCUT2D eigenvalue weighted by atomic mass is 10.1. The van der Waals surface area contributed by atoms with Crippen molar-refractivity contribution in [1.29, 1.82) is 0 Å². The first-order chi connectivity index (χ1) is 11.1. The van der Waals surface area contributed by atoms with Crippen molar-refractivity contribution < 1.29 is 18.3 Å². The molecule has 0 aromatic heterocycles. The summed E-state index contributed by atoms with van der Waals surface area (Å²) in [4.78, 5) is 13.3. The Morgan fingerprint density at radius 3 is 2.30 bits per heavy atom. The smallest absolute Gasteiger partial charge is 0.410 e. The number of carbonyl (C=O) groups is 1. The maximum Gasteiger partial charge on any atom is 0.410 e. The van der Waals surface area contributed by atoms with Crippen LogP contribution in [0.3, 0.4) is 0 Å². The molecule has 1 aliphatic rings. The normalized spacial score (nSPS) is 16.6. The van der Waals surface area contributed by atoms with E-state index >= 15 is 0 Å². The first-order valence-electron chi connectivity index (χ1n) is 7.57. The molecule has 2 aromatic carbocycles. The van der Waals surface area contributed by atoms with E-state index in [4.69, 9.17) is 4.74 Å². The van der Waals surface area contributed by atoms with Crippen LogP contribution in [0.4, 0.5) is 13.6 Å². The molecule has 1 fully saturated rings. The highest BCUT2D eigenvalue weighted by atomic mass is 19.1. The van der Waals surface area contributed by atoms with E-state index < -0.39 is 17.7 Å². The number of carbonyl (C=O) groups excluding carboxylic acids is 1. The van der Waals surface area contributed by atoms with Gasteiger partial charge >= 0.3 is 6.09 Å². The molecule has 1 aliphatic heterocycles. The highest BCUT2D eigenvalue weighted by Gasteiger charge is 2.32. The van der Waals surface area contributed by atoms with Crippen molar-refractivity contribution in [3.05, 3.63) is 71.3 Å². The average molecular weight is 319 g/mol. The molecule has 5 heteroatoms. The number of amides is 1. The summed E-state index contributed by atoms with van der Waals surface area (Å²) in [5, 5.41) is 0. The predicted octanol–water partition coefficient (Wildman–Crippen LogP) is 4.68. The lowest BCUT2D eigenvalue weighted by Gasteiger charge is -2.13. The number of nitrogens with zero attached hydrogens (tertiary/aromatic N) is 1. The van der Waals surface area contributed by atoms with Gasteiger partial charge in [0, 0.05) is 12.6 Å². The Balaban J connectivity index is 0.000000924. The number of benzene rings is 2. The van der Waals surface area contributed by atoms with Gasteiger partial charge in [0.25, 0.3) is 0 Å². The second-order valence-corrected chi connectivity index (χ2v) is 4.94.